The van der Waals surface area contributed by atoms with Crippen molar-refractivity contribution in [3.63, 3.8) is 0 Å². The van der Waals surface area contributed by atoms with E-state index in [4.69, 9.17) is 11.1 Å². The Labute approximate surface area is 99.1 Å². The topological polar surface area (TPSA) is 61.9 Å². The average Bonchev–Trinajstić information content (AvgIpc) is 2.20. The lowest BCUT2D eigenvalue weighted by molar-refractivity contribution is 0.581. The highest BCUT2D eigenvalue weighted by Gasteiger charge is 2.15. The van der Waals surface area contributed by atoms with Gasteiger partial charge in [0.1, 0.15) is 5.82 Å². The monoisotopic (exact) mass is 241 g/mol. The van der Waals surface area contributed by atoms with Crippen molar-refractivity contribution in [2.45, 2.75) is 13.0 Å². The van der Waals surface area contributed by atoms with Crippen molar-refractivity contribution in [2.24, 2.45) is 0 Å². The Hall–Kier alpha value is -1.23. The van der Waals surface area contributed by atoms with Crippen molar-refractivity contribution in [1.82, 2.24) is 5.32 Å². The van der Waals surface area contributed by atoms with E-state index in [2.05, 4.69) is 5.32 Å². The van der Waals surface area contributed by atoms with Crippen LogP contribution in [-0.4, -0.2) is 17.8 Å². The second kappa shape index (κ2) is 5.75. The van der Waals surface area contributed by atoms with Crippen molar-refractivity contribution in [3.05, 3.63) is 29.6 Å². The third kappa shape index (κ3) is 3.41. The molecule has 4 N–H and O–H groups in total. The molecular formula is C11H16FN3S. The van der Waals surface area contributed by atoms with Gasteiger partial charge in [0.2, 0.25) is 0 Å². The van der Waals surface area contributed by atoms with Gasteiger partial charge in [-0.25, -0.2) is 4.39 Å². The number of halogens is 1. The van der Waals surface area contributed by atoms with Crippen LogP contribution in [0.2, 0.25) is 0 Å². The fourth-order valence-electron chi connectivity index (χ4n) is 1.47. The third-order valence-corrected chi connectivity index (χ3v) is 2.79. The summed E-state index contributed by atoms with van der Waals surface area (Å²) in [5.41, 5.74) is 6.69. The second-order valence-electron chi connectivity index (χ2n) is 3.56. The van der Waals surface area contributed by atoms with E-state index in [1.807, 2.05) is 6.26 Å². The number of benzene rings is 1. The van der Waals surface area contributed by atoms with Crippen LogP contribution < -0.4 is 11.1 Å². The van der Waals surface area contributed by atoms with Crippen molar-refractivity contribution in [1.29, 1.82) is 5.41 Å². The maximum Gasteiger partial charge on any atom is 0.128 e. The molecule has 1 rings (SSSR count). The van der Waals surface area contributed by atoms with Crippen LogP contribution in [0.5, 0.6) is 0 Å². The first kappa shape index (κ1) is 12.8. The van der Waals surface area contributed by atoms with Crippen molar-refractivity contribution < 1.29 is 4.39 Å². The van der Waals surface area contributed by atoms with E-state index in [-0.39, 0.29) is 11.9 Å². The first-order valence-corrected chi connectivity index (χ1v) is 6.29. The van der Waals surface area contributed by atoms with Crippen molar-refractivity contribution in [2.75, 3.05) is 17.7 Å². The molecule has 1 unspecified atom stereocenters. The smallest absolute Gasteiger partial charge is 0.128 e. The first-order valence-electron chi connectivity index (χ1n) is 4.90. The molecule has 1 aromatic carbocycles. The molecule has 0 spiro atoms. The summed E-state index contributed by atoms with van der Waals surface area (Å²) in [7, 11) is 0. The van der Waals surface area contributed by atoms with E-state index in [9.17, 15) is 4.39 Å². The summed E-state index contributed by atoms with van der Waals surface area (Å²) in [5.74, 6) is 0.722. The lowest BCUT2D eigenvalue weighted by Gasteiger charge is -2.19. The molecule has 0 fully saturated rings. The highest BCUT2D eigenvalue weighted by molar-refractivity contribution is 7.98. The van der Waals surface area contributed by atoms with E-state index in [1.54, 1.807) is 24.8 Å². The minimum absolute atomic E-state index is 0.212. The predicted octanol–water partition coefficient (Wildman–Crippen LogP) is 2.40. The first-order chi connectivity index (χ1) is 7.54. The maximum atomic E-state index is 13.6. The lowest BCUT2D eigenvalue weighted by Crippen LogP contribution is -2.28. The minimum Gasteiger partial charge on any atom is -0.399 e. The molecular weight excluding hydrogens is 225 g/mol. The van der Waals surface area contributed by atoms with E-state index < -0.39 is 0 Å². The Balaban J connectivity index is 2.99. The zero-order valence-electron chi connectivity index (χ0n) is 9.38. The van der Waals surface area contributed by atoms with Crippen LogP contribution in [-0.2, 0) is 0 Å². The van der Waals surface area contributed by atoms with Crippen LogP contribution in [0.3, 0.4) is 0 Å². The molecule has 0 aliphatic rings. The van der Waals surface area contributed by atoms with Gasteiger partial charge in [-0.05, 0) is 31.4 Å². The van der Waals surface area contributed by atoms with Gasteiger partial charge in [0.05, 0.1) is 11.9 Å². The Bertz CT molecular complexity index is 381. The predicted molar refractivity (Wildman–Crippen MR) is 68.5 cm³/mol. The number of thioether (sulfide) groups is 1. The third-order valence-electron chi connectivity index (χ3n) is 2.12. The van der Waals surface area contributed by atoms with Gasteiger partial charge in [-0.3, -0.25) is 5.41 Å². The van der Waals surface area contributed by atoms with Gasteiger partial charge in [-0.1, -0.05) is 0 Å². The molecule has 88 valence electrons. The number of rotatable bonds is 4. The number of amidine groups is 1. The van der Waals surface area contributed by atoms with Gasteiger partial charge >= 0.3 is 0 Å². The summed E-state index contributed by atoms with van der Waals surface area (Å²) in [5, 5.41) is 10.3. The SMILES string of the molecule is CSCC(NC(C)=N)c1cc(N)ccc1F. The van der Waals surface area contributed by atoms with Gasteiger partial charge in [0.25, 0.3) is 0 Å². The van der Waals surface area contributed by atoms with Crippen LogP contribution in [0.1, 0.15) is 18.5 Å². The fraction of sp³-hybridized carbons (Fsp3) is 0.364. The summed E-state index contributed by atoms with van der Waals surface area (Å²) < 4.78 is 13.6. The molecule has 0 bridgehead atoms. The Morgan fingerprint density at radius 1 is 1.62 bits per heavy atom. The zero-order valence-corrected chi connectivity index (χ0v) is 10.2. The highest BCUT2D eigenvalue weighted by atomic mass is 32.2. The largest absolute Gasteiger partial charge is 0.399 e. The molecule has 0 amide bonds. The van der Waals surface area contributed by atoms with E-state index in [0.29, 0.717) is 22.8 Å². The number of hydrogen-bond donors (Lipinski definition) is 3. The number of nitrogens with one attached hydrogen (secondary N) is 2. The zero-order chi connectivity index (χ0) is 12.1. The second-order valence-corrected chi connectivity index (χ2v) is 4.47. The molecule has 1 aromatic rings. The van der Waals surface area contributed by atoms with Gasteiger partial charge < -0.3 is 11.1 Å². The van der Waals surface area contributed by atoms with Crippen LogP contribution in [0.25, 0.3) is 0 Å². The standard InChI is InChI=1S/C11H16FN3S/c1-7(13)15-11(6-16-2)9-5-8(14)3-4-10(9)12/h3-5,11H,6,14H2,1-2H3,(H2,13,15). The number of nitrogens with two attached hydrogens (primary N) is 1. The van der Waals surface area contributed by atoms with E-state index in [1.165, 1.54) is 12.1 Å². The molecule has 5 heteroatoms. The van der Waals surface area contributed by atoms with Crippen molar-refractivity contribution >= 4 is 23.3 Å². The van der Waals surface area contributed by atoms with Gasteiger partial charge in [0, 0.05) is 17.0 Å². The minimum atomic E-state index is -0.290. The molecule has 0 saturated carbocycles. The van der Waals surface area contributed by atoms with Crippen molar-refractivity contribution in [3.8, 4) is 0 Å². The van der Waals surface area contributed by atoms with E-state index >= 15 is 0 Å². The highest BCUT2D eigenvalue weighted by Crippen LogP contribution is 2.22. The van der Waals surface area contributed by atoms with Crippen LogP contribution in [0.4, 0.5) is 10.1 Å². The van der Waals surface area contributed by atoms with Crippen LogP contribution in [0, 0.1) is 11.2 Å². The molecule has 3 nitrogen and oxygen atoms in total. The summed E-state index contributed by atoms with van der Waals surface area (Å²) in [4.78, 5) is 0. The summed E-state index contributed by atoms with van der Waals surface area (Å²) in [6.07, 6.45) is 1.94. The molecule has 0 radical (unpaired) electrons. The normalized spacial score (nSPS) is 12.2. The molecule has 1 atom stereocenters. The van der Waals surface area contributed by atoms with E-state index in [0.717, 1.165) is 0 Å². The summed E-state index contributed by atoms with van der Waals surface area (Å²) >= 11 is 1.59. The summed E-state index contributed by atoms with van der Waals surface area (Å²) in [6.45, 7) is 1.64. The molecule has 0 aliphatic heterocycles. The molecule has 0 aromatic heterocycles. The van der Waals surface area contributed by atoms with Crippen LogP contribution in [0.15, 0.2) is 18.2 Å². The Kier molecular flexibility index (Phi) is 4.61. The van der Waals surface area contributed by atoms with Crippen LogP contribution >= 0.6 is 11.8 Å². The quantitative estimate of drug-likeness (QED) is 0.431. The maximum absolute atomic E-state index is 13.6. The molecule has 0 heterocycles. The molecule has 0 aliphatic carbocycles. The summed E-state index contributed by atoms with van der Waals surface area (Å²) in [6, 6.07) is 4.30. The average molecular weight is 241 g/mol. The number of hydrogen-bond acceptors (Lipinski definition) is 3. The van der Waals surface area contributed by atoms with Gasteiger partial charge in [0.15, 0.2) is 0 Å². The Morgan fingerprint density at radius 2 is 2.31 bits per heavy atom. The Morgan fingerprint density at radius 3 is 2.88 bits per heavy atom. The fourth-order valence-corrected chi connectivity index (χ4v) is 2.06. The van der Waals surface area contributed by atoms with Gasteiger partial charge in [-0.2, -0.15) is 11.8 Å². The number of nitrogen functional groups attached to an aromatic ring is 1. The molecule has 0 saturated heterocycles. The lowest BCUT2D eigenvalue weighted by atomic mass is 10.1. The molecule has 16 heavy (non-hydrogen) atoms. The van der Waals surface area contributed by atoms with Gasteiger partial charge in [-0.15, -0.1) is 0 Å². The number of anilines is 1.